The SMILES string of the molecule is COc1ccccc1-c1cc(C(=O)NC[C@@H]2CCCN2c2ccccc2)[nH]n1. The van der Waals surface area contributed by atoms with E-state index in [9.17, 15) is 4.79 Å². The zero-order valence-electron chi connectivity index (χ0n) is 15.9. The second-order valence-electron chi connectivity index (χ2n) is 6.90. The topological polar surface area (TPSA) is 70.2 Å². The summed E-state index contributed by atoms with van der Waals surface area (Å²) in [7, 11) is 1.62. The molecule has 0 unspecified atom stereocenters. The number of amides is 1. The van der Waals surface area contributed by atoms with Crippen molar-refractivity contribution in [3.63, 3.8) is 0 Å². The molecule has 6 nitrogen and oxygen atoms in total. The van der Waals surface area contributed by atoms with Gasteiger partial charge in [0, 0.05) is 30.4 Å². The Bertz CT molecular complexity index is 938. The quantitative estimate of drug-likeness (QED) is 0.691. The van der Waals surface area contributed by atoms with Gasteiger partial charge in [0.2, 0.25) is 0 Å². The number of H-pyrrole nitrogens is 1. The molecule has 4 rings (SSSR count). The van der Waals surface area contributed by atoms with Crippen molar-refractivity contribution < 1.29 is 9.53 Å². The molecule has 0 bridgehead atoms. The van der Waals surface area contributed by atoms with Gasteiger partial charge in [-0.15, -0.1) is 0 Å². The van der Waals surface area contributed by atoms with E-state index in [0.29, 0.717) is 24.0 Å². The number of ether oxygens (including phenoxy) is 1. The van der Waals surface area contributed by atoms with E-state index in [1.165, 1.54) is 5.69 Å². The van der Waals surface area contributed by atoms with Crippen LogP contribution < -0.4 is 15.0 Å². The molecule has 1 aliphatic rings. The maximum absolute atomic E-state index is 12.6. The van der Waals surface area contributed by atoms with Gasteiger partial charge in [-0.3, -0.25) is 9.89 Å². The van der Waals surface area contributed by atoms with E-state index < -0.39 is 0 Å². The van der Waals surface area contributed by atoms with Crippen molar-refractivity contribution in [1.82, 2.24) is 15.5 Å². The predicted molar refractivity (Wildman–Crippen MR) is 110 cm³/mol. The van der Waals surface area contributed by atoms with Crippen molar-refractivity contribution in [3.8, 4) is 17.0 Å². The Labute approximate surface area is 164 Å². The summed E-state index contributed by atoms with van der Waals surface area (Å²) in [6, 6.07) is 20.1. The smallest absolute Gasteiger partial charge is 0.269 e. The fourth-order valence-corrected chi connectivity index (χ4v) is 3.75. The van der Waals surface area contributed by atoms with Crippen molar-refractivity contribution >= 4 is 11.6 Å². The van der Waals surface area contributed by atoms with Gasteiger partial charge in [-0.1, -0.05) is 30.3 Å². The third-order valence-electron chi connectivity index (χ3n) is 5.17. The Hall–Kier alpha value is -3.28. The Kier molecular flexibility index (Phi) is 5.28. The summed E-state index contributed by atoms with van der Waals surface area (Å²) in [5.41, 5.74) is 3.20. The number of para-hydroxylation sites is 2. The third kappa shape index (κ3) is 3.71. The minimum Gasteiger partial charge on any atom is -0.496 e. The Morgan fingerprint density at radius 3 is 2.82 bits per heavy atom. The van der Waals surface area contributed by atoms with Crippen LogP contribution in [0.3, 0.4) is 0 Å². The lowest BCUT2D eigenvalue weighted by Crippen LogP contribution is -2.40. The summed E-state index contributed by atoms with van der Waals surface area (Å²) in [4.78, 5) is 15.0. The number of carbonyl (C=O) groups excluding carboxylic acids is 1. The normalized spacial score (nSPS) is 16.2. The molecule has 0 radical (unpaired) electrons. The van der Waals surface area contributed by atoms with Crippen molar-refractivity contribution in [2.24, 2.45) is 0 Å². The predicted octanol–water partition coefficient (Wildman–Crippen LogP) is 3.48. The van der Waals surface area contributed by atoms with Gasteiger partial charge in [-0.2, -0.15) is 5.10 Å². The number of methoxy groups -OCH3 is 1. The molecule has 0 aliphatic carbocycles. The molecule has 6 heteroatoms. The third-order valence-corrected chi connectivity index (χ3v) is 5.17. The summed E-state index contributed by atoms with van der Waals surface area (Å²) in [5, 5.41) is 10.2. The van der Waals surface area contributed by atoms with E-state index in [1.807, 2.05) is 42.5 Å². The molecule has 1 amide bonds. The lowest BCUT2D eigenvalue weighted by atomic mass is 10.1. The van der Waals surface area contributed by atoms with Crippen molar-refractivity contribution in [1.29, 1.82) is 0 Å². The van der Waals surface area contributed by atoms with Crippen molar-refractivity contribution in [2.75, 3.05) is 25.1 Å². The number of rotatable bonds is 6. The van der Waals surface area contributed by atoms with Crippen LogP contribution in [0.15, 0.2) is 60.7 Å². The summed E-state index contributed by atoms with van der Waals surface area (Å²) in [6.07, 6.45) is 2.21. The first kappa shape index (κ1) is 18.1. The maximum Gasteiger partial charge on any atom is 0.269 e. The fraction of sp³-hybridized carbons (Fsp3) is 0.273. The van der Waals surface area contributed by atoms with E-state index in [2.05, 4.69) is 32.5 Å². The molecular formula is C22H24N4O2. The molecule has 1 aromatic heterocycles. The minimum absolute atomic E-state index is 0.145. The van der Waals surface area contributed by atoms with Crippen LogP contribution in [0.2, 0.25) is 0 Å². The van der Waals surface area contributed by atoms with Gasteiger partial charge in [-0.05, 0) is 43.2 Å². The second-order valence-corrected chi connectivity index (χ2v) is 6.90. The molecule has 3 aromatic rings. The van der Waals surface area contributed by atoms with Gasteiger partial charge in [0.05, 0.1) is 12.8 Å². The van der Waals surface area contributed by atoms with E-state index in [0.717, 1.165) is 30.7 Å². The summed E-state index contributed by atoms with van der Waals surface area (Å²) >= 11 is 0. The minimum atomic E-state index is -0.145. The lowest BCUT2D eigenvalue weighted by molar-refractivity contribution is 0.0946. The molecule has 2 N–H and O–H groups in total. The molecular weight excluding hydrogens is 352 g/mol. The number of benzene rings is 2. The number of aromatic amines is 1. The molecule has 1 saturated heterocycles. The van der Waals surface area contributed by atoms with Crippen LogP contribution in [0.5, 0.6) is 5.75 Å². The number of aromatic nitrogens is 2. The van der Waals surface area contributed by atoms with Crippen LogP contribution in [-0.4, -0.2) is 42.3 Å². The average Bonchev–Trinajstić information content (AvgIpc) is 3.42. The Morgan fingerprint density at radius 2 is 2.00 bits per heavy atom. The number of hydrogen-bond acceptors (Lipinski definition) is 4. The lowest BCUT2D eigenvalue weighted by Gasteiger charge is -2.27. The van der Waals surface area contributed by atoms with Crippen LogP contribution in [0.25, 0.3) is 11.3 Å². The highest BCUT2D eigenvalue weighted by atomic mass is 16.5. The summed E-state index contributed by atoms with van der Waals surface area (Å²) in [6.45, 7) is 1.63. The van der Waals surface area contributed by atoms with Crippen LogP contribution in [0, 0.1) is 0 Å². The average molecular weight is 376 g/mol. The zero-order chi connectivity index (χ0) is 19.3. The van der Waals surface area contributed by atoms with Gasteiger partial charge in [-0.25, -0.2) is 0 Å². The standard InChI is InChI=1S/C22H24N4O2/c1-28-21-12-6-5-11-18(21)19-14-20(25-24-19)22(27)23-15-17-10-7-13-26(17)16-8-3-2-4-9-16/h2-6,8-9,11-12,14,17H,7,10,13,15H2,1H3,(H,23,27)(H,24,25)/t17-/m0/s1. The molecule has 2 aromatic carbocycles. The maximum atomic E-state index is 12.6. The molecule has 1 fully saturated rings. The first-order valence-electron chi connectivity index (χ1n) is 9.55. The number of nitrogens with one attached hydrogen (secondary N) is 2. The van der Waals surface area contributed by atoms with Crippen LogP contribution >= 0.6 is 0 Å². The van der Waals surface area contributed by atoms with Gasteiger partial charge in [0.15, 0.2) is 0 Å². The van der Waals surface area contributed by atoms with Crippen LogP contribution in [-0.2, 0) is 0 Å². The van der Waals surface area contributed by atoms with E-state index in [4.69, 9.17) is 4.74 Å². The van der Waals surface area contributed by atoms with E-state index in [-0.39, 0.29) is 5.91 Å². The Balaban J connectivity index is 1.41. The zero-order valence-corrected chi connectivity index (χ0v) is 15.9. The second kappa shape index (κ2) is 8.17. The van der Waals surface area contributed by atoms with Crippen LogP contribution in [0.4, 0.5) is 5.69 Å². The number of hydrogen-bond donors (Lipinski definition) is 2. The van der Waals surface area contributed by atoms with Crippen LogP contribution in [0.1, 0.15) is 23.3 Å². The molecule has 1 aliphatic heterocycles. The van der Waals surface area contributed by atoms with Gasteiger partial charge in [0.1, 0.15) is 11.4 Å². The first-order chi connectivity index (χ1) is 13.8. The highest BCUT2D eigenvalue weighted by Crippen LogP contribution is 2.28. The van der Waals surface area contributed by atoms with Gasteiger partial charge >= 0.3 is 0 Å². The first-order valence-corrected chi connectivity index (χ1v) is 9.55. The monoisotopic (exact) mass is 376 g/mol. The van der Waals surface area contributed by atoms with Crippen molar-refractivity contribution in [2.45, 2.75) is 18.9 Å². The van der Waals surface area contributed by atoms with Gasteiger partial charge in [0.25, 0.3) is 5.91 Å². The number of carbonyl (C=O) groups is 1. The largest absolute Gasteiger partial charge is 0.496 e. The van der Waals surface area contributed by atoms with E-state index >= 15 is 0 Å². The summed E-state index contributed by atoms with van der Waals surface area (Å²) < 4.78 is 5.38. The fourth-order valence-electron chi connectivity index (χ4n) is 3.75. The highest BCUT2D eigenvalue weighted by Gasteiger charge is 2.25. The molecule has 0 spiro atoms. The molecule has 1 atom stereocenters. The molecule has 2 heterocycles. The van der Waals surface area contributed by atoms with Crippen molar-refractivity contribution in [3.05, 3.63) is 66.4 Å². The van der Waals surface area contributed by atoms with E-state index in [1.54, 1.807) is 13.2 Å². The number of nitrogens with zero attached hydrogens (tertiary/aromatic N) is 2. The highest BCUT2D eigenvalue weighted by molar-refractivity contribution is 5.93. The molecule has 28 heavy (non-hydrogen) atoms. The van der Waals surface area contributed by atoms with Gasteiger partial charge < -0.3 is 15.0 Å². The summed E-state index contributed by atoms with van der Waals surface area (Å²) in [5.74, 6) is 0.582. The Morgan fingerprint density at radius 1 is 1.21 bits per heavy atom. The number of anilines is 1. The molecule has 144 valence electrons. The molecule has 0 saturated carbocycles.